The van der Waals surface area contributed by atoms with Gasteiger partial charge in [0.2, 0.25) is 5.91 Å². The molecule has 1 amide bonds. The monoisotopic (exact) mass is 535 g/mol. The number of anilines is 1. The van der Waals surface area contributed by atoms with Crippen molar-refractivity contribution in [2.75, 3.05) is 64.3 Å². The zero-order chi connectivity index (χ0) is 24.6. The number of carbonyl (C=O) groups is 1. The Hall–Kier alpha value is -2.04. The molecule has 1 saturated heterocycles. The third-order valence-electron chi connectivity index (χ3n) is 5.81. The molecule has 35 heavy (non-hydrogen) atoms. The van der Waals surface area contributed by atoms with Crippen molar-refractivity contribution < 1.29 is 19.0 Å². The van der Waals surface area contributed by atoms with Crippen LogP contribution in [0.25, 0.3) is 10.2 Å². The summed E-state index contributed by atoms with van der Waals surface area (Å²) in [4.78, 5) is 23.5. The minimum atomic E-state index is 0.0720. The maximum Gasteiger partial charge on any atom is 0.228 e. The van der Waals surface area contributed by atoms with Gasteiger partial charge in [0.25, 0.3) is 0 Å². The van der Waals surface area contributed by atoms with Gasteiger partial charge in [0.1, 0.15) is 17.0 Å². The second kappa shape index (κ2) is 12.8. The van der Waals surface area contributed by atoms with Crippen LogP contribution in [0.3, 0.4) is 0 Å². The van der Waals surface area contributed by atoms with Crippen molar-refractivity contribution in [3.8, 4) is 11.5 Å². The lowest BCUT2D eigenvalue weighted by Crippen LogP contribution is -2.43. The Morgan fingerprint density at radius 2 is 1.94 bits per heavy atom. The molecule has 0 unspecified atom stereocenters. The highest BCUT2D eigenvalue weighted by molar-refractivity contribution is 7.99. The van der Waals surface area contributed by atoms with Crippen molar-refractivity contribution in [2.24, 2.45) is 0 Å². The predicted molar refractivity (Wildman–Crippen MR) is 144 cm³/mol. The van der Waals surface area contributed by atoms with Crippen LogP contribution in [0.1, 0.15) is 12.8 Å². The number of halogens is 1. The molecule has 188 valence electrons. The first-order valence-corrected chi connectivity index (χ1v) is 13.8. The summed E-state index contributed by atoms with van der Waals surface area (Å²) in [5.41, 5.74) is 0.694. The molecule has 1 aliphatic heterocycles. The Morgan fingerprint density at radius 1 is 1.17 bits per heavy atom. The molecule has 0 radical (unpaired) electrons. The fraction of sp³-hybridized carbons (Fsp3) is 0.440. The molecule has 3 aromatic rings. The first-order chi connectivity index (χ1) is 17.1. The van der Waals surface area contributed by atoms with E-state index in [9.17, 15) is 4.79 Å². The van der Waals surface area contributed by atoms with Gasteiger partial charge in [0.15, 0.2) is 5.13 Å². The van der Waals surface area contributed by atoms with Gasteiger partial charge >= 0.3 is 0 Å². The van der Waals surface area contributed by atoms with Gasteiger partial charge in [0.05, 0.1) is 37.2 Å². The van der Waals surface area contributed by atoms with E-state index in [0.717, 1.165) is 60.4 Å². The maximum absolute atomic E-state index is 13.4. The number of aromatic nitrogens is 1. The molecule has 10 heteroatoms. The van der Waals surface area contributed by atoms with Gasteiger partial charge in [-0.3, -0.25) is 14.6 Å². The largest absolute Gasteiger partial charge is 0.497 e. The highest BCUT2D eigenvalue weighted by Gasteiger charge is 2.23. The summed E-state index contributed by atoms with van der Waals surface area (Å²) in [5, 5.41) is 1.27. The average Bonchev–Trinajstić information content (AvgIpc) is 3.34. The van der Waals surface area contributed by atoms with Crippen LogP contribution in [0.4, 0.5) is 5.13 Å². The fourth-order valence-corrected chi connectivity index (χ4v) is 5.99. The summed E-state index contributed by atoms with van der Waals surface area (Å²) in [6.45, 7) is 4.55. The van der Waals surface area contributed by atoms with Crippen molar-refractivity contribution in [3.05, 3.63) is 41.4 Å². The summed E-state index contributed by atoms with van der Waals surface area (Å²) in [6.07, 6.45) is 1.23. The van der Waals surface area contributed by atoms with Gasteiger partial charge in [-0.25, -0.2) is 4.98 Å². The lowest BCUT2D eigenvalue weighted by molar-refractivity contribution is -0.118. The van der Waals surface area contributed by atoms with Crippen LogP contribution in [-0.4, -0.2) is 75.2 Å². The van der Waals surface area contributed by atoms with E-state index < -0.39 is 0 Å². The zero-order valence-corrected chi connectivity index (χ0v) is 22.4. The quantitative estimate of drug-likeness (QED) is 0.247. The van der Waals surface area contributed by atoms with E-state index >= 15 is 0 Å². The van der Waals surface area contributed by atoms with E-state index in [1.807, 2.05) is 35.2 Å². The van der Waals surface area contributed by atoms with Crippen LogP contribution < -0.4 is 14.4 Å². The lowest BCUT2D eigenvalue weighted by Gasteiger charge is -2.29. The summed E-state index contributed by atoms with van der Waals surface area (Å²) >= 11 is 9.62. The summed E-state index contributed by atoms with van der Waals surface area (Å²) in [7, 11) is 3.28. The molecule has 0 N–H and O–H groups in total. The van der Waals surface area contributed by atoms with Crippen molar-refractivity contribution >= 4 is 56.0 Å². The minimum absolute atomic E-state index is 0.0720. The van der Waals surface area contributed by atoms with Crippen molar-refractivity contribution in [3.63, 3.8) is 0 Å². The van der Waals surface area contributed by atoms with Crippen molar-refractivity contribution in [2.45, 2.75) is 17.7 Å². The van der Waals surface area contributed by atoms with E-state index in [2.05, 4.69) is 4.90 Å². The van der Waals surface area contributed by atoms with E-state index in [0.29, 0.717) is 34.4 Å². The number of nitrogens with zero attached hydrogens (tertiary/aromatic N) is 3. The number of thiazole rings is 1. The maximum atomic E-state index is 13.4. The van der Waals surface area contributed by atoms with Gasteiger partial charge in [-0.1, -0.05) is 22.9 Å². The van der Waals surface area contributed by atoms with Gasteiger partial charge < -0.3 is 14.2 Å². The molecule has 4 rings (SSSR count). The number of methoxy groups -OCH3 is 2. The molecule has 0 bridgehead atoms. The molecule has 1 aromatic heterocycles. The second-order valence-electron chi connectivity index (χ2n) is 8.05. The van der Waals surface area contributed by atoms with Gasteiger partial charge in [-0.05, 0) is 48.6 Å². The van der Waals surface area contributed by atoms with Crippen molar-refractivity contribution in [1.82, 2.24) is 9.88 Å². The number of ether oxygens (including phenoxy) is 3. The SMILES string of the molecule is COc1ccc(SCCCC(=O)N(CCN2CCOCC2)c2nc3c(OC)ccc(Cl)c3s2)cc1. The van der Waals surface area contributed by atoms with Crippen molar-refractivity contribution in [1.29, 1.82) is 0 Å². The standard InChI is InChI=1S/C25H30ClN3O4S2/c1-31-18-5-7-19(8-6-18)34-17-3-4-22(30)29(12-11-28-13-15-33-16-14-28)25-27-23-21(32-2)10-9-20(26)24(23)35-25/h5-10H,3-4,11-17H2,1-2H3. The fourth-order valence-electron chi connectivity index (χ4n) is 3.83. The van der Waals surface area contributed by atoms with Crippen LogP contribution >= 0.6 is 34.7 Å². The van der Waals surface area contributed by atoms with E-state index in [1.165, 1.54) is 11.3 Å². The first kappa shape index (κ1) is 26.0. The molecule has 1 aliphatic rings. The van der Waals surface area contributed by atoms with Crippen LogP contribution in [0, 0.1) is 0 Å². The third-order valence-corrected chi connectivity index (χ3v) is 8.44. The molecule has 7 nitrogen and oxygen atoms in total. The molecule has 0 aliphatic carbocycles. The number of benzene rings is 2. The van der Waals surface area contributed by atoms with Crippen LogP contribution in [0.5, 0.6) is 11.5 Å². The zero-order valence-electron chi connectivity index (χ0n) is 20.0. The van der Waals surface area contributed by atoms with Gasteiger partial charge in [-0.2, -0.15) is 0 Å². The Labute approximate surface area is 219 Å². The van der Waals surface area contributed by atoms with E-state index in [1.54, 1.807) is 32.0 Å². The molecule has 0 spiro atoms. The smallest absolute Gasteiger partial charge is 0.228 e. The van der Waals surface area contributed by atoms with Crippen LogP contribution in [0.2, 0.25) is 5.02 Å². The normalized spacial score (nSPS) is 14.3. The number of hydrogen-bond donors (Lipinski definition) is 0. The Balaban J connectivity index is 1.44. The molecule has 0 saturated carbocycles. The number of thioether (sulfide) groups is 1. The number of carbonyl (C=O) groups excluding carboxylic acids is 1. The average molecular weight is 536 g/mol. The minimum Gasteiger partial charge on any atom is -0.497 e. The molecular weight excluding hydrogens is 506 g/mol. The van der Waals surface area contributed by atoms with Gasteiger partial charge in [0, 0.05) is 37.5 Å². The second-order valence-corrected chi connectivity index (χ2v) is 10.6. The summed E-state index contributed by atoms with van der Waals surface area (Å²) in [5.74, 6) is 2.42. The van der Waals surface area contributed by atoms with Crippen LogP contribution in [0.15, 0.2) is 41.3 Å². The molecule has 0 atom stereocenters. The number of morpholine rings is 1. The Morgan fingerprint density at radius 3 is 2.66 bits per heavy atom. The third kappa shape index (κ3) is 6.80. The van der Waals surface area contributed by atoms with Gasteiger partial charge in [-0.15, -0.1) is 11.8 Å². The molecule has 2 aromatic carbocycles. The summed E-state index contributed by atoms with van der Waals surface area (Å²) < 4.78 is 17.0. The highest BCUT2D eigenvalue weighted by Crippen LogP contribution is 2.39. The number of amides is 1. The lowest BCUT2D eigenvalue weighted by atomic mass is 10.3. The number of rotatable bonds is 11. The molecule has 1 fully saturated rings. The van der Waals surface area contributed by atoms with Crippen LogP contribution in [-0.2, 0) is 9.53 Å². The highest BCUT2D eigenvalue weighted by atomic mass is 35.5. The topological polar surface area (TPSA) is 64.1 Å². The Kier molecular flexibility index (Phi) is 9.51. The number of hydrogen-bond acceptors (Lipinski definition) is 8. The Bertz CT molecular complexity index is 1120. The van der Waals surface area contributed by atoms with E-state index in [4.69, 9.17) is 30.8 Å². The summed E-state index contributed by atoms with van der Waals surface area (Å²) in [6, 6.07) is 11.6. The van der Waals surface area contributed by atoms with E-state index in [-0.39, 0.29) is 5.91 Å². The molecular formula is C25H30ClN3O4S2. The first-order valence-electron chi connectivity index (χ1n) is 11.6. The predicted octanol–water partition coefficient (Wildman–Crippen LogP) is 5.20. The number of fused-ring (bicyclic) bond motifs is 1. The molecule has 2 heterocycles.